The van der Waals surface area contributed by atoms with Gasteiger partial charge >= 0.3 is 0 Å². The number of hydrogen-bond acceptors (Lipinski definition) is 3. The molecule has 1 unspecified atom stereocenters. The molecule has 0 bridgehead atoms. The molecule has 6 N–H and O–H groups in total. The summed E-state index contributed by atoms with van der Waals surface area (Å²) in [4.78, 5) is 0. The average molecular weight is 334 g/mol. The van der Waals surface area contributed by atoms with Gasteiger partial charge in [-0.3, -0.25) is 0 Å². The second-order valence-corrected chi connectivity index (χ2v) is 7.58. The lowest BCUT2D eigenvalue weighted by atomic mass is 9.77. The van der Waals surface area contributed by atoms with Crippen LogP contribution in [0.4, 0.5) is 0 Å². The van der Waals surface area contributed by atoms with Gasteiger partial charge in [-0.15, -0.1) is 12.4 Å². The number of phenolic OH excluding ortho intramolecular Hbond substituents is 1. The normalized spacial score (nSPS) is 13.1. The molecule has 1 aromatic rings. The summed E-state index contributed by atoms with van der Waals surface area (Å²) in [5, 5.41) is 19.7. The monoisotopic (exact) mass is 333 g/mol. The number of aromatic hydroxyl groups is 1. The molecule has 0 saturated carbocycles. The van der Waals surface area contributed by atoms with Crippen LogP contribution in [0, 0.1) is 0 Å². The summed E-state index contributed by atoms with van der Waals surface area (Å²) in [5.74, 6) is 0.366. The van der Waals surface area contributed by atoms with Gasteiger partial charge in [0, 0.05) is 12.6 Å². The Morgan fingerprint density at radius 2 is 1.36 bits per heavy atom. The van der Waals surface area contributed by atoms with Crippen LogP contribution in [0.15, 0.2) is 12.1 Å². The highest BCUT2D eigenvalue weighted by molar-refractivity contribution is 5.85. The van der Waals surface area contributed by atoms with Gasteiger partial charge in [-0.05, 0) is 33.9 Å². The summed E-state index contributed by atoms with van der Waals surface area (Å²) in [6, 6.07) is 3.75. The molecule has 22 heavy (non-hydrogen) atoms. The van der Waals surface area contributed by atoms with Gasteiger partial charge in [-0.1, -0.05) is 53.7 Å². The first-order valence-electron chi connectivity index (χ1n) is 7.22. The van der Waals surface area contributed by atoms with Crippen LogP contribution in [0.1, 0.15) is 70.7 Å². The number of aliphatic hydroxyl groups is 1. The molecule has 4 nitrogen and oxygen atoms in total. The Morgan fingerprint density at radius 1 is 1.00 bits per heavy atom. The minimum Gasteiger partial charge on any atom is -0.507 e. The van der Waals surface area contributed by atoms with E-state index in [4.69, 9.17) is 10.8 Å². The molecule has 0 aliphatic heterocycles. The van der Waals surface area contributed by atoms with Gasteiger partial charge in [0.1, 0.15) is 5.75 Å². The molecule has 0 amide bonds. The van der Waals surface area contributed by atoms with Gasteiger partial charge in [0.2, 0.25) is 0 Å². The molecule has 0 aliphatic rings. The van der Waals surface area contributed by atoms with Gasteiger partial charge in [0.15, 0.2) is 0 Å². The number of rotatable bonds is 3. The summed E-state index contributed by atoms with van der Waals surface area (Å²) >= 11 is 0. The topological polar surface area (TPSA) is 98.0 Å². The van der Waals surface area contributed by atoms with Crippen molar-refractivity contribution >= 4 is 12.4 Å². The number of hydrogen-bond donors (Lipinski definition) is 3. The van der Waals surface area contributed by atoms with Crippen LogP contribution in [-0.4, -0.2) is 22.3 Å². The zero-order valence-corrected chi connectivity index (χ0v) is 15.3. The minimum atomic E-state index is -0.206. The van der Waals surface area contributed by atoms with Gasteiger partial charge in [0.05, 0.1) is 0 Å². The molecule has 1 aromatic carbocycles. The molecule has 0 aromatic heterocycles. The van der Waals surface area contributed by atoms with Gasteiger partial charge in [-0.25, -0.2) is 0 Å². The van der Waals surface area contributed by atoms with Crippen molar-refractivity contribution < 1.29 is 15.7 Å². The van der Waals surface area contributed by atoms with E-state index in [-0.39, 0.29) is 41.4 Å². The van der Waals surface area contributed by atoms with Crippen molar-refractivity contribution in [2.75, 3.05) is 6.61 Å². The van der Waals surface area contributed by atoms with E-state index >= 15 is 0 Å². The summed E-state index contributed by atoms with van der Waals surface area (Å²) in [5.41, 5.74) is 8.63. The van der Waals surface area contributed by atoms with Crippen LogP contribution in [0.3, 0.4) is 0 Å². The average Bonchev–Trinajstić information content (AvgIpc) is 2.26. The quantitative estimate of drug-likeness (QED) is 0.793. The van der Waals surface area contributed by atoms with Gasteiger partial charge in [-0.2, -0.15) is 0 Å². The van der Waals surface area contributed by atoms with Crippen LogP contribution < -0.4 is 5.73 Å². The first kappa shape index (κ1) is 23.5. The number of phenols is 1. The maximum absolute atomic E-state index is 10.6. The third kappa shape index (κ3) is 5.43. The fourth-order valence-electron chi connectivity index (χ4n) is 2.32. The molecular formula is C17H32ClNO3. The molecule has 130 valence electrons. The molecule has 5 heteroatoms. The maximum Gasteiger partial charge on any atom is 0.123 e. The van der Waals surface area contributed by atoms with Crippen LogP contribution >= 0.6 is 12.4 Å². The smallest absolute Gasteiger partial charge is 0.123 e. The zero-order valence-electron chi connectivity index (χ0n) is 14.5. The van der Waals surface area contributed by atoms with Crippen LogP contribution in [-0.2, 0) is 10.8 Å². The van der Waals surface area contributed by atoms with E-state index in [0.29, 0.717) is 12.2 Å². The van der Waals surface area contributed by atoms with E-state index in [0.717, 1.165) is 16.7 Å². The van der Waals surface area contributed by atoms with Crippen molar-refractivity contribution in [2.24, 2.45) is 5.73 Å². The van der Waals surface area contributed by atoms with Crippen molar-refractivity contribution in [3.05, 3.63) is 28.8 Å². The third-order valence-electron chi connectivity index (χ3n) is 3.62. The summed E-state index contributed by atoms with van der Waals surface area (Å²) in [6.45, 7) is 12.5. The van der Waals surface area contributed by atoms with Crippen molar-refractivity contribution in [1.29, 1.82) is 0 Å². The first-order valence-corrected chi connectivity index (χ1v) is 7.22. The molecular weight excluding hydrogens is 302 g/mol. The highest BCUT2D eigenvalue weighted by Gasteiger charge is 2.27. The molecule has 1 atom stereocenters. The van der Waals surface area contributed by atoms with E-state index in [1.807, 2.05) is 12.1 Å². The summed E-state index contributed by atoms with van der Waals surface area (Å²) in [6.07, 6.45) is 0.526. The molecule has 1 rings (SSSR count). The van der Waals surface area contributed by atoms with Crippen molar-refractivity contribution in [3.8, 4) is 5.75 Å². The second-order valence-electron chi connectivity index (χ2n) is 7.58. The standard InChI is InChI=1S/C17H29NO2.ClH.H2O/c1-16(2,3)12-9-11(14(18)7-8-19)10-13(15(12)20)17(4,5)6;;/h9-10,14,19-20H,7-8,18H2,1-6H3;1H;1H2. The van der Waals surface area contributed by atoms with Crippen LogP contribution in [0.2, 0.25) is 0 Å². The van der Waals surface area contributed by atoms with Crippen LogP contribution in [0.5, 0.6) is 5.75 Å². The number of aliphatic hydroxyl groups excluding tert-OH is 1. The van der Waals surface area contributed by atoms with E-state index < -0.39 is 0 Å². The minimum absolute atomic E-state index is 0. The third-order valence-corrected chi connectivity index (χ3v) is 3.62. The van der Waals surface area contributed by atoms with E-state index in [1.54, 1.807) is 0 Å². The molecule has 0 fully saturated rings. The number of nitrogens with two attached hydrogens (primary N) is 1. The molecule has 0 radical (unpaired) electrons. The molecule has 0 aliphatic carbocycles. The van der Waals surface area contributed by atoms with Gasteiger partial charge in [0.25, 0.3) is 0 Å². The van der Waals surface area contributed by atoms with Crippen molar-refractivity contribution in [2.45, 2.75) is 64.8 Å². The zero-order chi connectivity index (χ0) is 15.7. The molecule has 0 heterocycles. The highest BCUT2D eigenvalue weighted by atomic mass is 35.5. The van der Waals surface area contributed by atoms with Crippen LogP contribution in [0.25, 0.3) is 0 Å². The van der Waals surface area contributed by atoms with E-state index in [9.17, 15) is 5.11 Å². The highest BCUT2D eigenvalue weighted by Crippen LogP contribution is 2.40. The van der Waals surface area contributed by atoms with Crippen molar-refractivity contribution in [1.82, 2.24) is 0 Å². The lowest BCUT2D eigenvalue weighted by Crippen LogP contribution is -2.20. The summed E-state index contributed by atoms with van der Waals surface area (Å²) in [7, 11) is 0. The first-order chi connectivity index (χ1) is 8.98. The lowest BCUT2D eigenvalue weighted by Gasteiger charge is -2.29. The predicted octanol–water partition coefficient (Wildman–Crippen LogP) is 2.97. The van der Waals surface area contributed by atoms with E-state index in [1.165, 1.54) is 0 Å². The SMILES string of the molecule is CC(C)(C)c1cc(C(N)CCO)cc(C(C)(C)C)c1O.Cl.O. The Bertz CT molecular complexity index is 441. The Hall–Kier alpha value is -0.810. The van der Waals surface area contributed by atoms with E-state index in [2.05, 4.69) is 41.5 Å². The summed E-state index contributed by atoms with van der Waals surface area (Å²) < 4.78 is 0. The lowest BCUT2D eigenvalue weighted by molar-refractivity contribution is 0.276. The Morgan fingerprint density at radius 3 is 1.64 bits per heavy atom. The molecule has 0 spiro atoms. The predicted molar refractivity (Wildman–Crippen MR) is 95.0 cm³/mol. The fourth-order valence-corrected chi connectivity index (χ4v) is 2.32. The number of halogens is 1. The number of benzene rings is 1. The fraction of sp³-hybridized carbons (Fsp3) is 0.647. The van der Waals surface area contributed by atoms with Crippen molar-refractivity contribution in [3.63, 3.8) is 0 Å². The Balaban J connectivity index is 0. The largest absolute Gasteiger partial charge is 0.507 e. The second kappa shape index (κ2) is 8.16. The Kier molecular flexibility index (Phi) is 8.70. The Labute approximate surface area is 140 Å². The van der Waals surface area contributed by atoms with Gasteiger partial charge < -0.3 is 21.4 Å². The maximum atomic E-state index is 10.6. The molecule has 0 saturated heterocycles.